The van der Waals surface area contributed by atoms with E-state index in [1.807, 2.05) is 0 Å². The predicted molar refractivity (Wildman–Crippen MR) is 70.7 cm³/mol. The molecule has 2 N–H and O–H groups in total. The minimum absolute atomic E-state index is 0.158. The van der Waals surface area contributed by atoms with Gasteiger partial charge in [0, 0.05) is 23.5 Å². The normalized spacial score (nSPS) is 11.2. The SMILES string of the molecule is C=C(C(N)=O)c1ccc(-c2cnc(C(F)(F)F)nc2)cc1. The van der Waals surface area contributed by atoms with Gasteiger partial charge in [-0.1, -0.05) is 30.8 Å². The highest BCUT2D eigenvalue weighted by molar-refractivity contribution is 6.17. The van der Waals surface area contributed by atoms with Gasteiger partial charge in [0.05, 0.1) is 0 Å². The number of rotatable bonds is 3. The third-order valence-corrected chi connectivity index (χ3v) is 2.77. The van der Waals surface area contributed by atoms with Crippen LogP contribution in [0.25, 0.3) is 16.7 Å². The number of primary amides is 1. The molecule has 2 rings (SSSR count). The number of nitrogens with zero attached hydrogens (tertiary/aromatic N) is 2. The first-order valence-electron chi connectivity index (χ1n) is 5.78. The first kappa shape index (κ1) is 14.7. The van der Waals surface area contributed by atoms with E-state index in [0.29, 0.717) is 16.7 Å². The Hall–Kier alpha value is -2.70. The molecule has 0 radical (unpaired) electrons. The fraction of sp³-hybridized carbons (Fsp3) is 0.0714. The Morgan fingerprint density at radius 1 is 1.05 bits per heavy atom. The Morgan fingerprint density at radius 2 is 1.57 bits per heavy atom. The number of benzene rings is 1. The summed E-state index contributed by atoms with van der Waals surface area (Å²) < 4.78 is 37.1. The number of nitrogens with two attached hydrogens (primary N) is 1. The molecule has 2 aromatic rings. The van der Waals surface area contributed by atoms with Crippen LogP contribution in [0.4, 0.5) is 13.2 Å². The zero-order valence-electron chi connectivity index (χ0n) is 10.7. The second-order valence-corrected chi connectivity index (χ2v) is 4.21. The first-order chi connectivity index (χ1) is 9.79. The van der Waals surface area contributed by atoms with Crippen molar-refractivity contribution < 1.29 is 18.0 Å². The van der Waals surface area contributed by atoms with E-state index in [1.165, 1.54) is 0 Å². The van der Waals surface area contributed by atoms with E-state index in [4.69, 9.17) is 5.73 Å². The minimum Gasteiger partial charge on any atom is -0.366 e. The van der Waals surface area contributed by atoms with Crippen LogP contribution in [0.5, 0.6) is 0 Å². The van der Waals surface area contributed by atoms with E-state index in [1.54, 1.807) is 24.3 Å². The second-order valence-electron chi connectivity index (χ2n) is 4.21. The molecule has 1 aromatic carbocycles. The molecule has 0 spiro atoms. The molecule has 0 atom stereocenters. The number of carbonyl (C=O) groups is 1. The standard InChI is InChI=1S/C14H10F3N3O/c1-8(12(18)21)9-2-4-10(5-3-9)11-6-19-13(20-7-11)14(15,16)17/h2-7H,1H2,(H2,18,21). The number of hydrogen-bond acceptors (Lipinski definition) is 3. The fourth-order valence-corrected chi connectivity index (χ4v) is 1.63. The molecule has 0 aliphatic rings. The molecule has 0 saturated heterocycles. The van der Waals surface area contributed by atoms with Crippen LogP contribution in [0, 0.1) is 0 Å². The summed E-state index contributed by atoms with van der Waals surface area (Å²) in [7, 11) is 0. The molecular formula is C14H10F3N3O. The molecule has 0 aliphatic heterocycles. The molecule has 1 heterocycles. The monoisotopic (exact) mass is 293 g/mol. The maximum absolute atomic E-state index is 12.4. The summed E-state index contributed by atoms with van der Waals surface area (Å²) in [4.78, 5) is 17.6. The second kappa shape index (κ2) is 5.35. The molecular weight excluding hydrogens is 283 g/mol. The Bertz CT molecular complexity index is 676. The van der Waals surface area contributed by atoms with Crippen molar-refractivity contribution in [3.8, 4) is 11.1 Å². The quantitative estimate of drug-likeness (QED) is 0.884. The summed E-state index contributed by atoms with van der Waals surface area (Å²) in [6.07, 6.45) is -2.39. The van der Waals surface area contributed by atoms with Gasteiger partial charge in [-0.2, -0.15) is 13.2 Å². The Kier molecular flexibility index (Phi) is 3.75. The lowest BCUT2D eigenvalue weighted by atomic mass is 10.0. The minimum atomic E-state index is -4.57. The average Bonchev–Trinajstić information content (AvgIpc) is 2.46. The molecule has 1 aromatic heterocycles. The lowest BCUT2D eigenvalue weighted by Gasteiger charge is -2.07. The molecule has 1 amide bonds. The van der Waals surface area contributed by atoms with E-state index >= 15 is 0 Å². The molecule has 108 valence electrons. The van der Waals surface area contributed by atoms with Gasteiger partial charge in [0.25, 0.3) is 0 Å². The lowest BCUT2D eigenvalue weighted by molar-refractivity contribution is -0.145. The van der Waals surface area contributed by atoms with Crippen molar-refractivity contribution in [1.29, 1.82) is 0 Å². The van der Waals surface area contributed by atoms with Crippen LogP contribution in [-0.2, 0) is 11.0 Å². The molecule has 0 bridgehead atoms. The van der Waals surface area contributed by atoms with Crippen molar-refractivity contribution >= 4 is 11.5 Å². The number of amides is 1. The van der Waals surface area contributed by atoms with E-state index in [-0.39, 0.29) is 5.57 Å². The topological polar surface area (TPSA) is 68.9 Å². The summed E-state index contributed by atoms with van der Waals surface area (Å²) in [5, 5.41) is 0. The zero-order chi connectivity index (χ0) is 15.6. The van der Waals surface area contributed by atoms with E-state index in [9.17, 15) is 18.0 Å². The Morgan fingerprint density at radius 3 is 2.00 bits per heavy atom. The highest BCUT2D eigenvalue weighted by Crippen LogP contribution is 2.27. The van der Waals surface area contributed by atoms with Crippen molar-refractivity contribution in [2.45, 2.75) is 6.18 Å². The summed E-state index contributed by atoms with van der Waals surface area (Å²) >= 11 is 0. The fourth-order valence-electron chi connectivity index (χ4n) is 1.63. The zero-order valence-corrected chi connectivity index (χ0v) is 10.7. The van der Waals surface area contributed by atoms with Gasteiger partial charge >= 0.3 is 6.18 Å². The van der Waals surface area contributed by atoms with Crippen LogP contribution in [-0.4, -0.2) is 15.9 Å². The molecule has 7 heteroatoms. The Labute approximate surface area is 118 Å². The highest BCUT2D eigenvalue weighted by Gasteiger charge is 2.34. The molecule has 4 nitrogen and oxygen atoms in total. The maximum atomic E-state index is 12.4. The van der Waals surface area contributed by atoms with Crippen LogP contribution in [0.2, 0.25) is 0 Å². The lowest BCUT2D eigenvalue weighted by Crippen LogP contribution is -2.11. The van der Waals surface area contributed by atoms with Crippen molar-refractivity contribution in [2.24, 2.45) is 5.73 Å². The van der Waals surface area contributed by atoms with Gasteiger partial charge in [-0.25, -0.2) is 9.97 Å². The number of hydrogen-bond donors (Lipinski definition) is 1. The van der Waals surface area contributed by atoms with Crippen LogP contribution >= 0.6 is 0 Å². The van der Waals surface area contributed by atoms with Crippen molar-refractivity contribution in [3.05, 3.63) is 54.6 Å². The van der Waals surface area contributed by atoms with Crippen LogP contribution in [0.15, 0.2) is 43.2 Å². The number of alkyl halides is 3. The van der Waals surface area contributed by atoms with Crippen molar-refractivity contribution in [3.63, 3.8) is 0 Å². The number of carbonyl (C=O) groups excluding carboxylic acids is 1. The van der Waals surface area contributed by atoms with Gasteiger partial charge < -0.3 is 5.73 Å². The summed E-state index contributed by atoms with van der Waals surface area (Å²) in [5.74, 6) is -1.83. The smallest absolute Gasteiger partial charge is 0.366 e. The van der Waals surface area contributed by atoms with Crippen LogP contribution in [0.1, 0.15) is 11.4 Å². The van der Waals surface area contributed by atoms with Gasteiger partial charge in [0.2, 0.25) is 11.7 Å². The Balaban J connectivity index is 2.27. The summed E-state index contributed by atoms with van der Waals surface area (Å²) in [5.41, 5.74) is 6.85. The van der Waals surface area contributed by atoms with E-state index in [2.05, 4.69) is 16.5 Å². The highest BCUT2D eigenvalue weighted by atomic mass is 19.4. The molecule has 0 aliphatic carbocycles. The third kappa shape index (κ3) is 3.25. The molecule has 21 heavy (non-hydrogen) atoms. The van der Waals surface area contributed by atoms with Gasteiger partial charge in [-0.15, -0.1) is 0 Å². The van der Waals surface area contributed by atoms with E-state index in [0.717, 1.165) is 12.4 Å². The van der Waals surface area contributed by atoms with Crippen molar-refractivity contribution in [1.82, 2.24) is 9.97 Å². The van der Waals surface area contributed by atoms with E-state index < -0.39 is 17.9 Å². The summed E-state index contributed by atoms with van der Waals surface area (Å²) in [6.45, 7) is 3.54. The van der Waals surface area contributed by atoms with Crippen molar-refractivity contribution in [2.75, 3.05) is 0 Å². The molecule has 0 fully saturated rings. The maximum Gasteiger partial charge on any atom is 0.451 e. The van der Waals surface area contributed by atoms with Gasteiger partial charge in [0.15, 0.2) is 0 Å². The largest absolute Gasteiger partial charge is 0.451 e. The number of aromatic nitrogens is 2. The summed E-state index contributed by atoms with van der Waals surface area (Å²) in [6, 6.07) is 6.44. The average molecular weight is 293 g/mol. The first-order valence-corrected chi connectivity index (χ1v) is 5.78. The molecule has 0 saturated carbocycles. The predicted octanol–water partition coefficient (Wildman–Crippen LogP) is 2.66. The van der Waals surface area contributed by atoms with Gasteiger partial charge in [0.1, 0.15) is 0 Å². The van der Waals surface area contributed by atoms with Crippen LogP contribution < -0.4 is 5.73 Å². The van der Waals surface area contributed by atoms with Gasteiger partial charge in [-0.05, 0) is 11.1 Å². The van der Waals surface area contributed by atoms with Gasteiger partial charge in [-0.3, -0.25) is 4.79 Å². The van der Waals surface area contributed by atoms with Crippen LogP contribution in [0.3, 0.4) is 0 Å². The number of halogens is 3. The third-order valence-electron chi connectivity index (χ3n) is 2.77. The molecule has 0 unspecified atom stereocenters.